The van der Waals surface area contributed by atoms with Gasteiger partial charge >= 0.3 is 0 Å². The molecule has 3 N–H and O–H groups in total. The maximum Gasteiger partial charge on any atom is 0.238 e. The number of carbonyl (C=O) groups is 1. The summed E-state index contributed by atoms with van der Waals surface area (Å²) in [5, 5.41) is 15.7. The number of likely N-dealkylation sites (tertiary alicyclic amines) is 1. The molecule has 8 heteroatoms. The van der Waals surface area contributed by atoms with Crippen LogP contribution in [0.15, 0.2) is 48.5 Å². The third-order valence-corrected chi connectivity index (χ3v) is 7.81. The van der Waals surface area contributed by atoms with Crippen LogP contribution in [0.1, 0.15) is 31.2 Å². The van der Waals surface area contributed by atoms with E-state index in [-0.39, 0.29) is 11.2 Å². The normalized spacial score (nSPS) is 18.9. The number of aromatic amines is 1. The Kier molecular flexibility index (Phi) is 6.90. The van der Waals surface area contributed by atoms with Gasteiger partial charge in [0.2, 0.25) is 5.91 Å². The Balaban J connectivity index is 1.16. The highest BCUT2D eigenvalue weighted by molar-refractivity contribution is 8.09. The first kappa shape index (κ1) is 22.3. The van der Waals surface area contributed by atoms with E-state index in [9.17, 15) is 4.79 Å². The molecule has 6 nitrogen and oxygen atoms in total. The standard InChI is InChI=1S/C25H28ClN5OS/c26-18-6-4-17(5-7-18)22-10-11-23(33-22)25(32)28-19-8-9-20-21(16-19)29-30-24(20)27-12-15-31-13-2-1-3-14-31/h4-10,16,23H,1-3,11-15H2,(H,28,32)(H2,27,29,30). The van der Waals surface area contributed by atoms with Crippen LogP contribution in [0.5, 0.6) is 0 Å². The molecule has 0 spiro atoms. The molecule has 0 radical (unpaired) electrons. The summed E-state index contributed by atoms with van der Waals surface area (Å²) in [6.45, 7) is 4.30. The van der Waals surface area contributed by atoms with E-state index in [0.717, 1.165) is 46.0 Å². The summed E-state index contributed by atoms with van der Waals surface area (Å²) >= 11 is 7.58. The fourth-order valence-corrected chi connectivity index (χ4v) is 5.65. The van der Waals surface area contributed by atoms with Gasteiger partial charge in [-0.2, -0.15) is 5.10 Å². The highest BCUT2D eigenvalue weighted by Gasteiger charge is 2.26. The lowest BCUT2D eigenvalue weighted by atomic mass is 10.1. The number of rotatable bonds is 7. The summed E-state index contributed by atoms with van der Waals surface area (Å²) in [5.41, 5.74) is 2.78. The van der Waals surface area contributed by atoms with E-state index in [2.05, 4.69) is 31.8 Å². The van der Waals surface area contributed by atoms with Crippen LogP contribution in [0.25, 0.3) is 15.8 Å². The zero-order valence-electron chi connectivity index (χ0n) is 18.4. The molecule has 2 aliphatic heterocycles. The summed E-state index contributed by atoms with van der Waals surface area (Å²) < 4.78 is 0. The van der Waals surface area contributed by atoms with E-state index >= 15 is 0 Å². The van der Waals surface area contributed by atoms with Gasteiger partial charge in [-0.1, -0.05) is 36.2 Å². The van der Waals surface area contributed by atoms with Crippen LogP contribution < -0.4 is 10.6 Å². The smallest absolute Gasteiger partial charge is 0.238 e. The number of aromatic nitrogens is 2. The summed E-state index contributed by atoms with van der Waals surface area (Å²) in [7, 11) is 0. The van der Waals surface area contributed by atoms with Crippen LogP contribution >= 0.6 is 23.4 Å². The van der Waals surface area contributed by atoms with Crippen LogP contribution in [0.4, 0.5) is 11.5 Å². The van der Waals surface area contributed by atoms with E-state index in [4.69, 9.17) is 11.6 Å². The molecule has 1 unspecified atom stereocenters. The van der Waals surface area contributed by atoms with Crippen molar-refractivity contribution in [1.82, 2.24) is 15.1 Å². The van der Waals surface area contributed by atoms with Gasteiger partial charge in [0.25, 0.3) is 0 Å². The lowest BCUT2D eigenvalue weighted by Crippen LogP contribution is -2.33. The average molecular weight is 482 g/mol. The van der Waals surface area contributed by atoms with Gasteiger partial charge in [0.15, 0.2) is 5.82 Å². The topological polar surface area (TPSA) is 73.1 Å². The molecule has 1 atom stereocenters. The molecule has 1 saturated heterocycles. The number of benzene rings is 2. The maximum atomic E-state index is 12.8. The minimum absolute atomic E-state index is 0.0129. The number of fused-ring (bicyclic) bond motifs is 1. The highest BCUT2D eigenvalue weighted by atomic mass is 35.5. The van der Waals surface area contributed by atoms with Crippen molar-refractivity contribution in [1.29, 1.82) is 0 Å². The minimum Gasteiger partial charge on any atom is -0.367 e. The zero-order valence-corrected chi connectivity index (χ0v) is 20.0. The highest BCUT2D eigenvalue weighted by Crippen LogP contribution is 2.40. The summed E-state index contributed by atoms with van der Waals surface area (Å²) in [5.74, 6) is 0.877. The van der Waals surface area contributed by atoms with Crippen molar-refractivity contribution in [3.63, 3.8) is 0 Å². The fraction of sp³-hybridized carbons (Fsp3) is 0.360. The van der Waals surface area contributed by atoms with Gasteiger partial charge < -0.3 is 15.5 Å². The van der Waals surface area contributed by atoms with E-state index < -0.39 is 0 Å². The van der Waals surface area contributed by atoms with E-state index in [1.165, 1.54) is 32.4 Å². The monoisotopic (exact) mass is 481 g/mol. The third kappa shape index (κ3) is 5.37. The zero-order chi connectivity index (χ0) is 22.6. The molecule has 3 heterocycles. The lowest BCUT2D eigenvalue weighted by molar-refractivity contribution is -0.115. The van der Waals surface area contributed by atoms with Crippen molar-refractivity contribution >= 4 is 56.6 Å². The van der Waals surface area contributed by atoms with Gasteiger partial charge in [-0.3, -0.25) is 9.89 Å². The first-order valence-corrected chi connectivity index (χ1v) is 12.8. The van der Waals surface area contributed by atoms with Crippen molar-refractivity contribution in [2.45, 2.75) is 30.9 Å². The Morgan fingerprint density at radius 2 is 1.97 bits per heavy atom. The first-order chi connectivity index (χ1) is 16.2. The first-order valence-electron chi connectivity index (χ1n) is 11.5. The Morgan fingerprint density at radius 1 is 1.15 bits per heavy atom. The van der Waals surface area contributed by atoms with Crippen LogP contribution in [-0.4, -0.2) is 52.4 Å². The molecule has 5 rings (SSSR count). The Morgan fingerprint density at radius 3 is 2.79 bits per heavy atom. The molecule has 2 aromatic carbocycles. The summed E-state index contributed by atoms with van der Waals surface area (Å²) in [6.07, 6.45) is 6.80. The van der Waals surface area contributed by atoms with E-state index in [1.807, 2.05) is 42.5 Å². The Labute approximate surface area is 203 Å². The van der Waals surface area contributed by atoms with Crippen molar-refractivity contribution in [3.8, 4) is 0 Å². The second-order valence-corrected chi connectivity index (χ2v) is 10.2. The number of nitrogens with zero attached hydrogens (tertiary/aromatic N) is 2. The number of hydrogen-bond donors (Lipinski definition) is 3. The lowest BCUT2D eigenvalue weighted by Gasteiger charge is -2.26. The number of halogens is 1. The number of allylic oxidation sites excluding steroid dienone is 1. The van der Waals surface area contributed by atoms with Crippen molar-refractivity contribution in [3.05, 3.63) is 59.1 Å². The van der Waals surface area contributed by atoms with Gasteiger partial charge in [0.1, 0.15) is 0 Å². The van der Waals surface area contributed by atoms with Gasteiger partial charge in [-0.15, -0.1) is 11.8 Å². The maximum absolute atomic E-state index is 12.8. The molecule has 0 saturated carbocycles. The Bertz CT molecular complexity index is 1150. The summed E-state index contributed by atoms with van der Waals surface area (Å²) in [6, 6.07) is 13.6. The van der Waals surface area contributed by atoms with Gasteiger partial charge in [-0.25, -0.2) is 0 Å². The third-order valence-electron chi connectivity index (χ3n) is 6.21. The predicted octanol–water partition coefficient (Wildman–Crippen LogP) is 5.60. The number of carbonyl (C=O) groups excluding carboxylic acids is 1. The van der Waals surface area contributed by atoms with Crippen molar-refractivity contribution < 1.29 is 4.79 Å². The van der Waals surface area contributed by atoms with Gasteiger partial charge in [-0.05, 0) is 68.2 Å². The molecule has 0 aliphatic carbocycles. The fourth-order valence-electron chi connectivity index (χ4n) is 4.39. The molecule has 172 valence electrons. The Hall–Kier alpha value is -2.48. The van der Waals surface area contributed by atoms with E-state index in [1.54, 1.807) is 11.8 Å². The number of H-pyrrole nitrogens is 1. The largest absolute Gasteiger partial charge is 0.367 e. The SMILES string of the molecule is O=C(Nc1ccc2c(NCCN3CCCCC3)n[nH]c2c1)C1CC=C(c2ccc(Cl)cc2)S1. The molecular formula is C25H28ClN5OS. The summed E-state index contributed by atoms with van der Waals surface area (Å²) in [4.78, 5) is 16.5. The minimum atomic E-state index is -0.139. The second kappa shape index (κ2) is 10.2. The number of hydrogen-bond acceptors (Lipinski definition) is 5. The molecule has 1 aromatic heterocycles. The molecule has 0 bridgehead atoms. The number of thioether (sulfide) groups is 1. The van der Waals surface area contributed by atoms with Crippen molar-refractivity contribution in [2.75, 3.05) is 36.8 Å². The van der Waals surface area contributed by atoms with Crippen molar-refractivity contribution in [2.24, 2.45) is 0 Å². The molecule has 3 aromatic rings. The molecule has 33 heavy (non-hydrogen) atoms. The number of anilines is 2. The number of piperidine rings is 1. The average Bonchev–Trinajstić information content (AvgIpc) is 3.48. The number of nitrogens with one attached hydrogen (secondary N) is 3. The van der Waals surface area contributed by atoms with Crippen LogP contribution in [0.3, 0.4) is 0 Å². The predicted molar refractivity (Wildman–Crippen MR) is 139 cm³/mol. The van der Waals surface area contributed by atoms with Crippen LogP contribution in [-0.2, 0) is 4.79 Å². The molecule has 1 amide bonds. The molecule has 2 aliphatic rings. The van der Waals surface area contributed by atoms with Gasteiger partial charge in [0, 0.05) is 34.1 Å². The van der Waals surface area contributed by atoms with Gasteiger partial charge in [0.05, 0.1) is 10.8 Å². The van der Waals surface area contributed by atoms with E-state index in [0.29, 0.717) is 11.4 Å². The van der Waals surface area contributed by atoms with Crippen LogP contribution in [0.2, 0.25) is 5.02 Å². The molecule has 1 fully saturated rings. The van der Waals surface area contributed by atoms with Crippen LogP contribution in [0, 0.1) is 0 Å². The number of amides is 1. The molecular weight excluding hydrogens is 454 g/mol. The quantitative estimate of drug-likeness (QED) is 0.409. The second-order valence-electron chi connectivity index (χ2n) is 8.57.